The van der Waals surface area contributed by atoms with Crippen molar-refractivity contribution < 1.29 is 9.59 Å². The van der Waals surface area contributed by atoms with Gasteiger partial charge >= 0.3 is 0 Å². The van der Waals surface area contributed by atoms with E-state index in [1.165, 1.54) is 9.75 Å². The van der Waals surface area contributed by atoms with Gasteiger partial charge in [0.1, 0.15) is 0 Å². The van der Waals surface area contributed by atoms with Gasteiger partial charge in [-0.05, 0) is 55.2 Å². The van der Waals surface area contributed by atoms with Gasteiger partial charge in [0.25, 0.3) is 5.91 Å². The predicted molar refractivity (Wildman–Crippen MR) is 139 cm³/mol. The average Bonchev–Trinajstić information content (AvgIpc) is 3.52. The van der Waals surface area contributed by atoms with Gasteiger partial charge in [-0.25, -0.2) is 4.98 Å². The van der Waals surface area contributed by atoms with Gasteiger partial charge < -0.3 is 10.2 Å². The van der Waals surface area contributed by atoms with Crippen LogP contribution in [0.3, 0.4) is 0 Å². The fourth-order valence-corrected chi connectivity index (χ4v) is 6.19. The Kier molecular flexibility index (Phi) is 6.74. The van der Waals surface area contributed by atoms with E-state index in [0.29, 0.717) is 25.2 Å². The Balaban J connectivity index is 1.17. The summed E-state index contributed by atoms with van der Waals surface area (Å²) in [7, 11) is 0. The van der Waals surface area contributed by atoms with Gasteiger partial charge in [0, 0.05) is 35.5 Å². The molecule has 5 rings (SSSR count). The van der Waals surface area contributed by atoms with Gasteiger partial charge in [-0.3, -0.25) is 9.59 Å². The molecule has 0 spiro atoms. The molecule has 5 nitrogen and oxygen atoms in total. The van der Waals surface area contributed by atoms with Crippen molar-refractivity contribution in [1.29, 1.82) is 0 Å². The lowest BCUT2D eigenvalue weighted by molar-refractivity contribution is -0.126. The van der Waals surface area contributed by atoms with Crippen molar-refractivity contribution in [3.05, 3.63) is 75.4 Å². The number of amides is 2. The van der Waals surface area contributed by atoms with Crippen LogP contribution in [0.5, 0.6) is 0 Å². The topological polar surface area (TPSA) is 62.3 Å². The summed E-state index contributed by atoms with van der Waals surface area (Å²) in [6, 6.07) is 18.0. The maximum atomic E-state index is 13.3. The number of hydrogen-bond acceptors (Lipinski definition) is 5. The molecule has 2 aromatic carbocycles. The molecule has 0 saturated carbocycles. The minimum absolute atomic E-state index is 0.0118. The number of benzene rings is 2. The summed E-state index contributed by atoms with van der Waals surface area (Å²) >= 11 is 3.39. The van der Waals surface area contributed by atoms with E-state index in [1.54, 1.807) is 22.7 Å². The molecule has 4 aromatic rings. The number of fused-ring (bicyclic) bond motifs is 1. The van der Waals surface area contributed by atoms with Gasteiger partial charge in [-0.2, -0.15) is 0 Å². The lowest BCUT2D eigenvalue weighted by Gasteiger charge is -2.32. The molecule has 0 aliphatic carbocycles. The van der Waals surface area contributed by atoms with Crippen molar-refractivity contribution in [3.8, 4) is 10.6 Å². The van der Waals surface area contributed by atoms with Crippen LogP contribution in [0.2, 0.25) is 0 Å². The Bertz CT molecular complexity index is 1320. The Hall–Kier alpha value is -3.03. The lowest BCUT2D eigenvalue weighted by atomic mass is 9.95. The monoisotopic (exact) mass is 489 g/mol. The van der Waals surface area contributed by atoms with Crippen molar-refractivity contribution in [2.75, 3.05) is 19.6 Å². The highest BCUT2D eigenvalue weighted by Gasteiger charge is 2.29. The van der Waals surface area contributed by atoms with E-state index < -0.39 is 0 Å². The number of aryl methyl sites for hydroxylation is 1. The molecule has 0 bridgehead atoms. The van der Waals surface area contributed by atoms with E-state index in [1.807, 2.05) is 54.3 Å². The number of aromatic nitrogens is 1. The molecule has 174 valence electrons. The highest BCUT2D eigenvalue weighted by atomic mass is 32.1. The van der Waals surface area contributed by atoms with E-state index >= 15 is 0 Å². The maximum Gasteiger partial charge on any atom is 0.254 e. The molecule has 1 unspecified atom stereocenters. The van der Waals surface area contributed by atoms with Crippen LogP contribution in [0, 0.1) is 12.8 Å². The summed E-state index contributed by atoms with van der Waals surface area (Å²) in [5.41, 5.74) is 1.74. The standard InChI is InChI=1S/C27H27N3O2S2/c1-18-29-24(17-33-18)25-12-11-21(34-25)13-14-28-26(31)20-8-5-15-30(16-20)27(32)23-10-4-7-19-6-2-3-9-22(19)23/h2-4,6-7,9-12,17,20H,5,8,13-16H2,1H3,(H,28,31). The quantitative estimate of drug-likeness (QED) is 0.387. The highest BCUT2D eigenvalue weighted by Crippen LogP contribution is 2.29. The van der Waals surface area contributed by atoms with Crippen LogP contribution < -0.4 is 5.32 Å². The van der Waals surface area contributed by atoms with E-state index in [9.17, 15) is 9.59 Å². The molecule has 1 N–H and O–H groups in total. The Morgan fingerprint density at radius 1 is 1.12 bits per heavy atom. The zero-order chi connectivity index (χ0) is 23.5. The summed E-state index contributed by atoms with van der Waals surface area (Å²) in [6.07, 6.45) is 2.46. The summed E-state index contributed by atoms with van der Waals surface area (Å²) in [4.78, 5) is 35.0. The molecule has 1 saturated heterocycles. The molecular weight excluding hydrogens is 462 g/mol. The van der Waals surface area contributed by atoms with Crippen LogP contribution in [0.1, 0.15) is 33.1 Å². The van der Waals surface area contributed by atoms with Crippen molar-refractivity contribution in [2.24, 2.45) is 5.92 Å². The zero-order valence-electron chi connectivity index (χ0n) is 19.1. The van der Waals surface area contributed by atoms with E-state index in [-0.39, 0.29) is 17.7 Å². The van der Waals surface area contributed by atoms with Gasteiger partial charge in [0.15, 0.2) is 0 Å². The summed E-state index contributed by atoms with van der Waals surface area (Å²) < 4.78 is 0. The fourth-order valence-electron chi connectivity index (χ4n) is 4.54. The third-order valence-corrected chi connectivity index (χ3v) is 8.24. The minimum atomic E-state index is -0.162. The van der Waals surface area contributed by atoms with Crippen LogP contribution in [0.4, 0.5) is 0 Å². The van der Waals surface area contributed by atoms with Crippen LogP contribution >= 0.6 is 22.7 Å². The van der Waals surface area contributed by atoms with Crippen LogP contribution in [0.25, 0.3) is 21.3 Å². The zero-order valence-corrected chi connectivity index (χ0v) is 20.8. The molecule has 1 fully saturated rings. The largest absolute Gasteiger partial charge is 0.355 e. The molecule has 2 amide bonds. The summed E-state index contributed by atoms with van der Waals surface area (Å²) in [5.74, 6) is -0.107. The second kappa shape index (κ2) is 10.1. The number of thiazole rings is 1. The number of thiophene rings is 1. The number of nitrogens with zero attached hydrogens (tertiary/aromatic N) is 2. The Labute approximate surface area is 207 Å². The van der Waals surface area contributed by atoms with Gasteiger partial charge in [0.05, 0.1) is 21.5 Å². The molecule has 1 aliphatic heterocycles. The third-order valence-electron chi connectivity index (χ3n) is 6.30. The SMILES string of the molecule is Cc1nc(-c2ccc(CCNC(=O)C3CCCN(C(=O)c4cccc5ccccc45)C3)s2)cs1. The summed E-state index contributed by atoms with van der Waals surface area (Å²) in [6.45, 7) is 3.78. The highest BCUT2D eigenvalue weighted by molar-refractivity contribution is 7.16. The normalized spacial score (nSPS) is 16.0. The molecule has 3 heterocycles. The first-order valence-corrected chi connectivity index (χ1v) is 13.3. The first kappa shape index (κ1) is 22.7. The van der Waals surface area contributed by atoms with Gasteiger partial charge in [-0.1, -0.05) is 36.4 Å². The van der Waals surface area contributed by atoms with E-state index in [2.05, 4.69) is 27.8 Å². The Morgan fingerprint density at radius 3 is 2.82 bits per heavy atom. The maximum absolute atomic E-state index is 13.3. The minimum Gasteiger partial charge on any atom is -0.355 e. The molecule has 7 heteroatoms. The number of hydrogen-bond donors (Lipinski definition) is 1. The number of carbonyl (C=O) groups excluding carboxylic acids is 2. The second-order valence-corrected chi connectivity index (χ2v) is 10.9. The number of piperidine rings is 1. The van der Waals surface area contributed by atoms with Crippen molar-refractivity contribution in [1.82, 2.24) is 15.2 Å². The fraction of sp³-hybridized carbons (Fsp3) is 0.296. The average molecular weight is 490 g/mol. The van der Waals surface area contributed by atoms with Gasteiger partial charge in [-0.15, -0.1) is 22.7 Å². The van der Waals surface area contributed by atoms with Crippen molar-refractivity contribution >= 4 is 45.3 Å². The van der Waals surface area contributed by atoms with Crippen LogP contribution in [-0.2, 0) is 11.2 Å². The first-order chi connectivity index (χ1) is 16.6. The number of carbonyl (C=O) groups is 2. The first-order valence-electron chi connectivity index (χ1n) is 11.6. The van der Waals surface area contributed by atoms with E-state index in [4.69, 9.17) is 0 Å². The third kappa shape index (κ3) is 4.91. The molecular formula is C27H27N3O2S2. The second-order valence-electron chi connectivity index (χ2n) is 8.68. The molecule has 2 aromatic heterocycles. The lowest BCUT2D eigenvalue weighted by Crippen LogP contribution is -2.45. The predicted octanol–water partition coefficient (Wildman–Crippen LogP) is 5.54. The Morgan fingerprint density at radius 2 is 1.97 bits per heavy atom. The van der Waals surface area contributed by atoms with E-state index in [0.717, 1.165) is 40.7 Å². The molecule has 0 radical (unpaired) electrons. The smallest absolute Gasteiger partial charge is 0.254 e. The number of rotatable bonds is 6. The number of nitrogens with one attached hydrogen (secondary N) is 1. The number of likely N-dealkylation sites (tertiary alicyclic amines) is 1. The van der Waals surface area contributed by atoms with Crippen molar-refractivity contribution in [2.45, 2.75) is 26.2 Å². The summed E-state index contributed by atoms with van der Waals surface area (Å²) in [5, 5.41) is 8.27. The molecule has 1 atom stereocenters. The van der Waals surface area contributed by atoms with Crippen LogP contribution in [0.15, 0.2) is 60.0 Å². The van der Waals surface area contributed by atoms with Crippen LogP contribution in [-0.4, -0.2) is 41.3 Å². The molecule has 1 aliphatic rings. The molecule has 34 heavy (non-hydrogen) atoms. The van der Waals surface area contributed by atoms with Gasteiger partial charge in [0.2, 0.25) is 5.91 Å². The van der Waals surface area contributed by atoms with Crippen molar-refractivity contribution in [3.63, 3.8) is 0 Å².